The monoisotopic (exact) mass is 282 g/mol. The quantitative estimate of drug-likeness (QED) is 0.678. The first kappa shape index (κ1) is 16.2. The van der Waals surface area contributed by atoms with E-state index in [1.165, 1.54) is 4.90 Å². The van der Waals surface area contributed by atoms with Gasteiger partial charge in [-0.2, -0.15) is 13.2 Å². The summed E-state index contributed by atoms with van der Waals surface area (Å²) in [6, 6.07) is -0.795. The Hall–Kier alpha value is -0.820. The number of alkyl halides is 3. The molecule has 0 amide bonds. The lowest BCUT2D eigenvalue weighted by Crippen LogP contribution is -2.43. The molecule has 4 nitrogen and oxygen atoms in total. The van der Waals surface area contributed by atoms with Crippen molar-refractivity contribution in [2.75, 3.05) is 19.6 Å². The van der Waals surface area contributed by atoms with E-state index in [4.69, 9.17) is 5.11 Å². The summed E-state index contributed by atoms with van der Waals surface area (Å²) in [7, 11) is 0. The standard InChI is InChI=1S/C12H21F3N2O2/c1-2-6-16-10(11(18)19)5-7-17(9-3-4-9)8-12(13,14)15/h9-10,16H,2-8H2,1H3,(H,18,19). The molecule has 0 bridgehead atoms. The molecule has 0 saturated heterocycles. The molecule has 0 heterocycles. The molecule has 1 aliphatic rings. The van der Waals surface area contributed by atoms with E-state index in [9.17, 15) is 18.0 Å². The van der Waals surface area contributed by atoms with Gasteiger partial charge in [-0.05, 0) is 32.2 Å². The third-order valence-corrected chi connectivity index (χ3v) is 3.09. The van der Waals surface area contributed by atoms with Gasteiger partial charge in [0, 0.05) is 12.6 Å². The first-order chi connectivity index (χ1) is 8.83. The average molecular weight is 282 g/mol. The van der Waals surface area contributed by atoms with Gasteiger partial charge < -0.3 is 10.4 Å². The number of carboxylic acid groups (broad SMARTS) is 1. The predicted octanol–water partition coefficient (Wildman–Crippen LogP) is 1.86. The van der Waals surface area contributed by atoms with Crippen LogP contribution in [-0.2, 0) is 4.79 Å². The van der Waals surface area contributed by atoms with Gasteiger partial charge in [0.1, 0.15) is 6.04 Å². The Morgan fingerprint density at radius 1 is 1.47 bits per heavy atom. The summed E-state index contributed by atoms with van der Waals surface area (Å²) in [4.78, 5) is 12.3. The maximum Gasteiger partial charge on any atom is 0.401 e. The van der Waals surface area contributed by atoms with E-state index in [1.54, 1.807) is 0 Å². The van der Waals surface area contributed by atoms with Crippen molar-refractivity contribution in [1.82, 2.24) is 10.2 Å². The number of halogens is 3. The van der Waals surface area contributed by atoms with Crippen molar-refractivity contribution in [1.29, 1.82) is 0 Å². The number of rotatable bonds is 9. The second-order valence-corrected chi connectivity index (χ2v) is 4.95. The minimum absolute atomic E-state index is 0.0257. The fourth-order valence-electron chi connectivity index (χ4n) is 1.99. The van der Waals surface area contributed by atoms with Crippen molar-refractivity contribution >= 4 is 5.97 Å². The number of nitrogens with one attached hydrogen (secondary N) is 1. The Labute approximate surface area is 111 Å². The zero-order chi connectivity index (χ0) is 14.5. The molecule has 0 aromatic heterocycles. The van der Waals surface area contributed by atoms with Crippen molar-refractivity contribution in [2.45, 2.75) is 50.9 Å². The lowest BCUT2D eigenvalue weighted by atomic mass is 10.2. The van der Waals surface area contributed by atoms with Crippen LogP contribution in [0.25, 0.3) is 0 Å². The van der Waals surface area contributed by atoms with Gasteiger partial charge in [-0.3, -0.25) is 9.69 Å². The van der Waals surface area contributed by atoms with Gasteiger partial charge in [-0.1, -0.05) is 6.92 Å². The van der Waals surface area contributed by atoms with E-state index in [1.807, 2.05) is 6.92 Å². The summed E-state index contributed by atoms with van der Waals surface area (Å²) in [5.74, 6) is -1.00. The lowest BCUT2D eigenvalue weighted by Gasteiger charge is -2.25. The zero-order valence-electron chi connectivity index (χ0n) is 11.0. The molecule has 0 aromatic carbocycles. The summed E-state index contributed by atoms with van der Waals surface area (Å²) in [6.45, 7) is 1.68. The summed E-state index contributed by atoms with van der Waals surface area (Å²) in [6.07, 6.45) is -1.69. The highest BCUT2D eigenvalue weighted by Gasteiger charge is 2.38. The second kappa shape index (κ2) is 7.09. The Kier molecular flexibility index (Phi) is 6.06. The molecule has 7 heteroatoms. The molecule has 1 saturated carbocycles. The maximum atomic E-state index is 12.4. The van der Waals surface area contributed by atoms with Crippen LogP contribution >= 0.6 is 0 Å². The zero-order valence-corrected chi connectivity index (χ0v) is 11.0. The second-order valence-electron chi connectivity index (χ2n) is 4.95. The number of hydrogen-bond acceptors (Lipinski definition) is 3. The van der Waals surface area contributed by atoms with E-state index in [2.05, 4.69) is 5.32 Å². The van der Waals surface area contributed by atoms with Crippen LogP contribution in [0.3, 0.4) is 0 Å². The molecule has 1 aliphatic carbocycles. The van der Waals surface area contributed by atoms with Crippen LogP contribution in [0.1, 0.15) is 32.6 Å². The normalized spacial score (nSPS) is 17.7. The first-order valence-electron chi connectivity index (χ1n) is 6.60. The highest BCUT2D eigenvalue weighted by atomic mass is 19.4. The van der Waals surface area contributed by atoms with E-state index in [0.717, 1.165) is 19.3 Å². The van der Waals surface area contributed by atoms with Gasteiger partial charge in [0.25, 0.3) is 0 Å². The molecule has 0 radical (unpaired) electrons. The SMILES string of the molecule is CCCNC(CCN(CC(F)(F)F)C1CC1)C(=O)O. The van der Waals surface area contributed by atoms with Crippen LogP contribution in [-0.4, -0.2) is 53.9 Å². The summed E-state index contributed by atoms with van der Waals surface area (Å²) in [5, 5.41) is 11.8. The van der Waals surface area contributed by atoms with Crippen molar-refractivity contribution in [3.63, 3.8) is 0 Å². The summed E-state index contributed by atoms with van der Waals surface area (Å²) >= 11 is 0. The molecule has 1 rings (SSSR count). The number of carbonyl (C=O) groups is 1. The topological polar surface area (TPSA) is 52.6 Å². The molecule has 19 heavy (non-hydrogen) atoms. The number of carboxylic acids is 1. The van der Waals surface area contributed by atoms with Crippen LogP contribution in [0.15, 0.2) is 0 Å². The largest absolute Gasteiger partial charge is 0.480 e. The van der Waals surface area contributed by atoms with Crippen molar-refractivity contribution in [2.24, 2.45) is 0 Å². The average Bonchev–Trinajstić information content (AvgIpc) is 3.09. The smallest absolute Gasteiger partial charge is 0.401 e. The fourth-order valence-corrected chi connectivity index (χ4v) is 1.99. The molecule has 2 N–H and O–H groups in total. The molecule has 0 spiro atoms. The van der Waals surface area contributed by atoms with Crippen LogP contribution < -0.4 is 5.32 Å². The summed E-state index contributed by atoms with van der Waals surface area (Å²) in [5.41, 5.74) is 0. The maximum absolute atomic E-state index is 12.4. The molecule has 1 atom stereocenters. The molecular formula is C12H21F3N2O2. The molecular weight excluding hydrogens is 261 g/mol. The summed E-state index contributed by atoms with van der Waals surface area (Å²) < 4.78 is 37.2. The van der Waals surface area contributed by atoms with Gasteiger partial charge in [-0.25, -0.2) is 0 Å². The third kappa shape index (κ3) is 6.77. The van der Waals surface area contributed by atoms with Gasteiger partial charge in [0.15, 0.2) is 0 Å². The first-order valence-corrected chi connectivity index (χ1v) is 6.60. The van der Waals surface area contributed by atoms with Gasteiger partial charge in [0.05, 0.1) is 6.54 Å². The number of hydrogen-bond donors (Lipinski definition) is 2. The molecule has 0 aliphatic heterocycles. The van der Waals surface area contributed by atoms with E-state index < -0.39 is 24.7 Å². The predicted molar refractivity (Wildman–Crippen MR) is 65.0 cm³/mol. The Morgan fingerprint density at radius 3 is 2.53 bits per heavy atom. The van der Waals surface area contributed by atoms with Crippen LogP contribution in [0.4, 0.5) is 13.2 Å². The minimum atomic E-state index is -4.22. The minimum Gasteiger partial charge on any atom is -0.480 e. The van der Waals surface area contributed by atoms with Crippen LogP contribution in [0, 0.1) is 0 Å². The Balaban J connectivity index is 2.42. The highest BCUT2D eigenvalue weighted by molar-refractivity contribution is 5.73. The number of nitrogens with zero attached hydrogens (tertiary/aromatic N) is 1. The Morgan fingerprint density at radius 2 is 2.11 bits per heavy atom. The van der Waals surface area contributed by atoms with E-state index in [0.29, 0.717) is 6.54 Å². The molecule has 1 unspecified atom stereocenters. The number of aliphatic carboxylic acids is 1. The lowest BCUT2D eigenvalue weighted by molar-refractivity contribution is -0.148. The van der Waals surface area contributed by atoms with Crippen LogP contribution in [0.2, 0.25) is 0 Å². The highest BCUT2D eigenvalue weighted by Crippen LogP contribution is 2.30. The van der Waals surface area contributed by atoms with Crippen molar-refractivity contribution < 1.29 is 23.1 Å². The van der Waals surface area contributed by atoms with Gasteiger partial charge in [0.2, 0.25) is 0 Å². The van der Waals surface area contributed by atoms with Gasteiger partial charge >= 0.3 is 12.1 Å². The molecule has 0 aromatic rings. The van der Waals surface area contributed by atoms with Crippen molar-refractivity contribution in [3.8, 4) is 0 Å². The Bertz CT molecular complexity index is 293. The molecule has 112 valence electrons. The van der Waals surface area contributed by atoms with Crippen molar-refractivity contribution in [3.05, 3.63) is 0 Å². The van der Waals surface area contributed by atoms with E-state index >= 15 is 0 Å². The molecule has 1 fully saturated rings. The third-order valence-electron chi connectivity index (χ3n) is 3.09. The fraction of sp³-hybridized carbons (Fsp3) is 0.917. The van der Waals surface area contributed by atoms with E-state index in [-0.39, 0.29) is 19.0 Å². The van der Waals surface area contributed by atoms with Gasteiger partial charge in [-0.15, -0.1) is 0 Å². The van der Waals surface area contributed by atoms with Crippen LogP contribution in [0.5, 0.6) is 0 Å².